The predicted molar refractivity (Wildman–Crippen MR) is 47.4 cm³/mol. The summed E-state index contributed by atoms with van der Waals surface area (Å²) < 4.78 is 15.2. The van der Waals surface area contributed by atoms with Crippen LogP contribution in [0, 0.1) is 6.92 Å². The van der Waals surface area contributed by atoms with Crippen molar-refractivity contribution < 1.29 is 18.4 Å². The third-order valence-electron chi connectivity index (χ3n) is 1.74. The summed E-state index contributed by atoms with van der Waals surface area (Å²) in [5.41, 5.74) is -0.685. The summed E-state index contributed by atoms with van der Waals surface area (Å²) in [5.74, 6) is 0. The van der Waals surface area contributed by atoms with Crippen LogP contribution >= 0.6 is 0 Å². The van der Waals surface area contributed by atoms with Crippen LogP contribution in [0.15, 0.2) is 0 Å². The van der Waals surface area contributed by atoms with Gasteiger partial charge in [0.25, 0.3) is 0 Å². The lowest BCUT2D eigenvalue weighted by Gasteiger charge is -2.28. The Bertz CT molecular complexity index is 108. The first-order valence-electron chi connectivity index (χ1n) is 3.79. The SMILES string of the molecule is [CH2]CCC(O)[Si](OC)(OC)OC. The molecule has 0 fully saturated rings. The van der Waals surface area contributed by atoms with Crippen LogP contribution < -0.4 is 0 Å². The maximum Gasteiger partial charge on any atom is 0.530 e. The molecule has 0 amide bonds. The summed E-state index contributed by atoms with van der Waals surface area (Å²) in [5, 5.41) is 9.61. The van der Waals surface area contributed by atoms with Gasteiger partial charge in [0, 0.05) is 21.3 Å². The van der Waals surface area contributed by atoms with E-state index in [1.807, 2.05) is 0 Å². The second-order valence-electron chi connectivity index (χ2n) is 2.37. The number of aliphatic hydroxyl groups is 1. The van der Waals surface area contributed by atoms with Crippen LogP contribution in [0.4, 0.5) is 0 Å². The highest BCUT2D eigenvalue weighted by Gasteiger charge is 2.46. The predicted octanol–water partition coefficient (Wildman–Crippen LogP) is 0.379. The second-order valence-corrected chi connectivity index (χ2v) is 5.47. The van der Waals surface area contributed by atoms with Crippen LogP contribution in [-0.4, -0.2) is 41.0 Å². The highest BCUT2D eigenvalue weighted by molar-refractivity contribution is 6.61. The molecule has 0 aromatic carbocycles. The fraction of sp³-hybridized carbons (Fsp3) is 0.857. The normalized spacial score (nSPS) is 14.8. The van der Waals surface area contributed by atoms with Crippen molar-refractivity contribution >= 4 is 8.80 Å². The summed E-state index contributed by atoms with van der Waals surface area (Å²) in [6.45, 7) is 3.64. The van der Waals surface area contributed by atoms with E-state index < -0.39 is 14.5 Å². The van der Waals surface area contributed by atoms with Gasteiger partial charge in [-0.15, -0.1) is 0 Å². The Morgan fingerprint density at radius 3 is 1.92 bits per heavy atom. The number of rotatable bonds is 6. The van der Waals surface area contributed by atoms with Crippen LogP contribution in [0.2, 0.25) is 0 Å². The largest absolute Gasteiger partial charge is 0.530 e. The third-order valence-corrected chi connectivity index (χ3v) is 4.55. The van der Waals surface area contributed by atoms with E-state index in [4.69, 9.17) is 13.3 Å². The maximum absolute atomic E-state index is 9.61. The lowest BCUT2D eigenvalue weighted by molar-refractivity contribution is 0.0558. The average Bonchev–Trinajstić information content (AvgIpc) is 2.09. The summed E-state index contributed by atoms with van der Waals surface area (Å²) in [6.07, 6.45) is 1.16. The number of hydrogen-bond donors (Lipinski definition) is 1. The molecule has 0 saturated carbocycles. The number of hydrogen-bond acceptors (Lipinski definition) is 4. The molecule has 0 aliphatic heterocycles. The van der Waals surface area contributed by atoms with Crippen LogP contribution in [-0.2, 0) is 13.3 Å². The van der Waals surface area contributed by atoms with Gasteiger partial charge in [-0.05, 0) is 6.42 Å². The molecular weight excluding hydrogens is 176 g/mol. The van der Waals surface area contributed by atoms with E-state index in [2.05, 4.69) is 6.92 Å². The van der Waals surface area contributed by atoms with Crippen molar-refractivity contribution in [3.05, 3.63) is 6.92 Å². The molecule has 1 unspecified atom stereocenters. The quantitative estimate of drug-likeness (QED) is 0.620. The number of aliphatic hydroxyl groups excluding tert-OH is 1. The summed E-state index contributed by atoms with van der Waals surface area (Å²) in [7, 11) is 1.61. The molecule has 1 radical (unpaired) electrons. The first kappa shape index (κ1) is 12.1. The maximum atomic E-state index is 9.61. The fourth-order valence-electron chi connectivity index (χ4n) is 1.03. The molecule has 0 heterocycles. The van der Waals surface area contributed by atoms with Crippen LogP contribution in [0.25, 0.3) is 0 Å². The van der Waals surface area contributed by atoms with Crippen LogP contribution in [0.1, 0.15) is 12.8 Å². The molecule has 4 nitrogen and oxygen atoms in total. The fourth-order valence-corrected chi connectivity index (χ4v) is 2.90. The molecule has 0 bridgehead atoms. The topological polar surface area (TPSA) is 47.9 Å². The first-order valence-corrected chi connectivity index (χ1v) is 5.59. The highest BCUT2D eigenvalue weighted by atomic mass is 28.4. The Morgan fingerprint density at radius 1 is 1.25 bits per heavy atom. The van der Waals surface area contributed by atoms with Gasteiger partial charge in [-0.2, -0.15) is 0 Å². The Labute approximate surface area is 74.8 Å². The Kier molecular flexibility index (Phi) is 5.69. The van der Waals surface area contributed by atoms with E-state index in [1.165, 1.54) is 21.3 Å². The molecule has 5 heteroatoms. The monoisotopic (exact) mass is 193 g/mol. The molecule has 0 saturated heterocycles. The molecule has 0 aliphatic rings. The van der Waals surface area contributed by atoms with Crippen molar-refractivity contribution in [1.82, 2.24) is 0 Å². The summed E-state index contributed by atoms with van der Waals surface area (Å²) >= 11 is 0. The minimum atomic E-state index is -2.83. The van der Waals surface area contributed by atoms with Crippen molar-refractivity contribution in [2.24, 2.45) is 0 Å². The molecule has 0 aromatic heterocycles. The molecule has 0 aromatic rings. The van der Waals surface area contributed by atoms with Gasteiger partial charge in [-0.25, -0.2) is 0 Å². The lowest BCUT2D eigenvalue weighted by Crippen LogP contribution is -2.54. The van der Waals surface area contributed by atoms with Gasteiger partial charge in [0.1, 0.15) is 5.73 Å². The van der Waals surface area contributed by atoms with Crippen molar-refractivity contribution in [2.45, 2.75) is 18.6 Å². The Hall–Kier alpha value is 0.0569. The zero-order chi connectivity index (χ0) is 9.61. The van der Waals surface area contributed by atoms with E-state index in [0.717, 1.165) is 0 Å². The average molecular weight is 193 g/mol. The minimum absolute atomic E-state index is 0.530. The van der Waals surface area contributed by atoms with E-state index in [-0.39, 0.29) is 0 Å². The van der Waals surface area contributed by atoms with Crippen molar-refractivity contribution in [1.29, 1.82) is 0 Å². The molecule has 0 spiro atoms. The van der Waals surface area contributed by atoms with Crippen molar-refractivity contribution in [3.63, 3.8) is 0 Å². The molecule has 73 valence electrons. The van der Waals surface area contributed by atoms with Crippen molar-refractivity contribution in [2.75, 3.05) is 21.3 Å². The van der Waals surface area contributed by atoms with Gasteiger partial charge in [-0.1, -0.05) is 13.3 Å². The van der Waals surface area contributed by atoms with Gasteiger partial charge in [-0.3, -0.25) is 0 Å². The van der Waals surface area contributed by atoms with E-state index in [1.54, 1.807) is 0 Å². The standard InChI is InChI=1S/C7H17O4Si/c1-5-6-7(8)12(9-2,10-3)11-4/h7-8H,1,5-6H2,2-4H3. The zero-order valence-corrected chi connectivity index (χ0v) is 8.87. The van der Waals surface area contributed by atoms with Gasteiger partial charge < -0.3 is 18.4 Å². The third kappa shape index (κ3) is 2.53. The van der Waals surface area contributed by atoms with E-state index >= 15 is 0 Å². The van der Waals surface area contributed by atoms with Gasteiger partial charge in [0.05, 0.1) is 0 Å². The molecule has 1 atom stereocenters. The van der Waals surface area contributed by atoms with E-state index in [0.29, 0.717) is 12.8 Å². The molecule has 12 heavy (non-hydrogen) atoms. The second kappa shape index (κ2) is 5.66. The van der Waals surface area contributed by atoms with Crippen molar-refractivity contribution in [3.8, 4) is 0 Å². The van der Waals surface area contributed by atoms with Gasteiger partial charge in [0.15, 0.2) is 0 Å². The Morgan fingerprint density at radius 2 is 1.67 bits per heavy atom. The summed E-state index contributed by atoms with van der Waals surface area (Å²) in [6, 6.07) is 0. The first-order chi connectivity index (χ1) is 5.66. The summed E-state index contributed by atoms with van der Waals surface area (Å²) in [4.78, 5) is 0. The van der Waals surface area contributed by atoms with Crippen LogP contribution in [0.5, 0.6) is 0 Å². The molecule has 0 aliphatic carbocycles. The Balaban J connectivity index is 4.24. The minimum Gasteiger partial charge on any atom is -0.389 e. The zero-order valence-electron chi connectivity index (χ0n) is 7.87. The van der Waals surface area contributed by atoms with E-state index in [9.17, 15) is 5.11 Å². The molecule has 0 rings (SSSR count). The van der Waals surface area contributed by atoms with Gasteiger partial charge in [0.2, 0.25) is 0 Å². The lowest BCUT2D eigenvalue weighted by atomic mass is 10.4. The van der Waals surface area contributed by atoms with Gasteiger partial charge >= 0.3 is 8.80 Å². The molecular formula is C7H17O4Si. The smallest absolute Gasteiger partial charge is 0.389 e. The van der Waals surface area contributed by atoms with Crippen LogP contribution in [0.3, 0.4) is 0 Å². The molecule has 1 N–H and O–H groups in total. The highest BCUT2D eigenvalue weighted by Crippen LogP contribution is 2.15.